The van der Waals surface area contributed by atoms with Gasteiger partial charge in [-0.1, -0.05) is 0 Å². The Morgan fingerprint density at radius 3 is 2.81 bits per heavy atom. The summed E-state index contributed by atoms with van der Waals surface area (Å²) in [6, 6.07) is 2.07. The predicted molar refractivity (Wildman–Crippen MR) is 83.8 cm³/mol. The van der Waals surface area contributed by atoms with E-state index < -0.39 is 0 Å². The number of hydrogen-bond donors (Lipinski definition) is 0. The lowest BCUT2D eigenvalue weighted by molar-refractivity contribution is 0.0364. The van der Waals surface area contributed by atoms with Gasteiger partial charge in [-0.05, 0) is 25.5 Å². The molecule has 3 heterocycles. The van der Waals surface area contributed by atoms with Crippen molar-refractivity contribution in [1.29, 1.82) is 0 Å². The first-order valence-corrected chi connectivity index (χ1v) is 7.86. The second-order valence-corrected chi connectivity index (χ2v) is 6.20. The number of aryl methyl sites for hydroxylation is 1. The Bertz CT molecular complexity index is 619. The Kier molecular flexibility index (Phi) is 4.42. The topological polar surface area (TPSA) is 43.2 Å². The number of ether oxygens (including phenoxy) is 1. The molecule has 0 spiro atoms. The van der Waals surface area contributed by atoms with Gasteiger partial charge in [0, 0.05) is 32.4 Å². The van der Waals surface area contributed by atoms with Gasteiger partial charge in [-0.3, -0.25) is 4.90 Å². The van der Waals surface area contributed by atoms with E-state index in [1.54, 1.807) is 0 Å². The minimum Gasteiger partial charge on any atom is -0.379 e. The van der Waals surface area contributed by atoms with Crippen LogP contribution >= 0.6 is 11.6 Å². The molecule has 1 unspecified atom stereocenters. The molecule has 0 N–H and O–H groups in total. The van der Waals surface area contributed by atoms with Crippen LogP contribution in [-0.4, -0.2) is 52.3 Å². The number of imidazole rings is 1. The second kappa shape index (κ2) is 6.30. The number of morpholine rings is 1. The summed E-state index contributed by atoms with van der Waals surface area (Å²) >= 11 is 6.30. The van der Waals surface area contributed by atoms with Crippen LogP contribution in [0.1, 0.15) is 23.7 Å². The smallest absolute Gasteiger partial charge is 0.160 e. The number of nitrogens with zero attached hydrogens (tertiary/aromatic N) is 4. The zero-order chi connectivity index (χ0) is 14.8. The van der Waals surface area contributed by atoms with Crippen LogP contribution in [0.4, 0.5) is 0 Å². The van der Waals surface area contributed by atoms with E-state index in [9.17, 15) is 0 Å². The van der Waals surface area contributed by atoms with Gasteiger partial charge in [0.05, 0.1) is 18.6 Å². The van der Waals surface area contributed by atoms with Crippen molar-refractivity contribution >= 4 is 22.8 Å². The fourth-order valence-corrected chi connectivity index (χ4v) is 2.89. The van der Waals surface area contributed by atoms with E-state index in [0.717, 1.165) is 61.9 Å². The van der Waals surface area contributed by atoms with Crippen molar-refractivity contribution in [2.75, 3.05) is 32.8 Å². The first-order valence-electron chi connectivity index (χ1n) is 7.42. The number of halogens is 1. The van der Waals surface area contributed by atoms with E-state index in [1.165, 1.54) is 0 Å². The van der Waals surface area contributed by atoms with E-state index in [2.05, 4.69) is 25.5 Å². The van der Waals surface area contributed by atoms with Crippen molar-refractivity contribution in [3.63, 3.8) is 0 Å². The Morgan fingerprint density at radius 2 is 2.10 bits per heavy atom. The van der Waals surface area contributed by atoms with Crippen molar-refractivity contribution in [1.82, 2.24) is 19.4 Å². The summed E-state index contributed by atoms with van der Waals surface area (Å²) in [5.41, 5.74) is 2.98. The molecule has 1 fully saturated rings. The number of rotatable bonds is 4. The lowest BCUT2D eigenvalue weighted by Crippen LogP contribution is -2.38. The molecule has 3 rings (SSSR count). The van der Waals surface area contributed by atoms with Crippen molar-refractivity contribution < 1.29 is 4.74 Å². The largest absolute Gasteiger partial charge is 0.379 e. The summed E-state index contributed by atoms with van der Waals surface area (Å²) in [6.07, 6.45) is 1.89. The fraction of sp³-hybridized carbons (Fsp3) is 0.600. The summed E-state index contributed by atoms with van der Waals surface area (Å²) in [6.45, 7) is 9.45. The molecular weight excluding hydrogens is 288 g/mol. The zero-order valence-corrected chi connectivity index (χ0v) is 13.3. The summed E-state index contributed by atoms with van der Waals surface area (Å²) in [4.78, 5) is 11.6. The van der Waals surface area contributed by atoms with Crippen LogP contribution in [-0.2, 0) is 11.3 Å². The predicted octanol–water partition coefficient (Wildman–Crippen LogP) is 2.37. The average molecular weight is 309 g/mol. The van der Waals surface area contributed by atoms with Gasteiger partial charge >= 0.3 is 0 Å². The lowest BCUT2D eigenvalue weighted by Gasteiger charge is -2.27. The van der Waals surface area contributed by atoms with Crippen molar-refractivity contribution in [2.24, 2.45) is 0 Å². The minimum absolute atomic E-state index is 0.121. The van der Waals surface area contributed by atoms with Crippen LogP contribution in [0.2, 0.25) is 0 Å². The Balaban J connectivity index is 1.86. The first kappa shape index (κ1) is 14.8. The van der Waals surface area contributed by atoms with E-state index in [1.807, 2.05) is 20.0 Å². The van der Waals surface area contributed by atoms with Crippen molar-refractivity contribution in [2.45, 2.75) is 25.8 Å². The molecule has 1 atom stereocenters. The van der Waals surface area contributed by atoms with Gasteiger partial charge in [0.2, 0.25) is 0 Å². The molecule has 0 amide bonds. The fourth-order valence-electron chi connectivity index (χ4n) is 2.72. The summed E-state index contributed by atoms with van der Waals surface area (Å²) in [7, 11) is 0. The van der Waals surface area contributed by atoms with Crippen LogP contribution in [0, 0.1) is 6.92 Å². The summed E-state index contributed by atoms with van der Waals surface area (Å²) < 4.78 is 7.54. The summed E-state index contributed by atoms with van der Waals surface area (Å²) in [5.74, 6) is 0.901. The monoisotopic (exact) mass is 308 g/mol. The molecular formula is C15H21ClN4O. The molecule has 1 aliphatic rings. The van der Waals surface area contributed by atoms with Crippen LogP contribution < -0.4 is 0 Å². The molecule has 0 saturated carbocycles. The quantitative estimate of drug-likeness (QED) is 0.813. The molecule has 0 aliphatic carbocycles. The summed E-state index contributed by atoms with van der Waals surface area (Å²) in [5, 5.41) is -0.121. The zero-order valence-electron chi connectivity index (χ0n) is 12.5. The molecule has 5 nitrogen and oxygen atoms in total. The molecule has 2 aromatic rings. The maximum atomic E-state index is 6.30. The Labute approximate surface area is 129 Å². The highest BCUT2D eigenvalue weighted by molar-refractivity contribution is 6.20. The molecule has 1 saturated heterocycles. The molecule has 0 aromatic carbocycles. The standard InChI is InChI=1S/C15H21ClN4O/c1-11-9-13-15(17-10-11)20(14(18-13)12(2)16)4-3-19-5-7-21-8-6-19/h9-10,12H,3-8H2,1-2H3. The van der Waals surface area contributed by atoms with Crippen LogP contribution in [0.5, 0.6) is 0 Å². The van der Waals surface area contributed by atoms with Gasteiger partial charge in [-0.2, -0.15) is 0 Å². The third-order valence-electron chi connectivity index (χ3n) is 3.85. The van der Waals surface area contributed by atoms with Crippen LogP contribution in [0.3, 0.4) is 0 Å². The average Bonchev–Trinajstić information content (AvgIpc) is 2.84. The lowest BCUT2D eigenvalue weighted by atomic mass is 10.3. The van der Waals surface area contributed by atoms with E-state index >= 15 is 0 Å². The molecule has 0 bridgehead atoms. The number of aromatic nitrogens is 3. The van der Waals surface area contributed by atoms with Gasteiger partial charge < -0.3 is 9.30 Å². The van der Waals surface area contributed by atoms with Crippen molar-refractivity contribution in [3.8, 4) is 0 Å². The van der Waals surface area contributed by atoms with Gasteiger partial charge in [0.1, 0.15) is 11.3 Å². The van der Waals surface area contributed by atoms with Gasteiger partial charge in [-0.25, -0.2) is 9.97 Å². The maximum absolute atomic E-state index is 6.30. The molecule has 21 heavy (non-hydrogen) atoms. The number of pyridine rings is 1. The molecule has 1 aliphatic heterocycles. The first-order chi connectivity index (χ1) is 10.1. The van der Waals surface area contributed by atoms with Gasteiger partial charge in [0.15, 0.2) is 5.65 Å². The van der Waals surface area contributed by atoms with E-state index in [4.69, 9.17) is 16.3 Å². The Morgan fingerprint density at radius 1 is 1.33 bits per heavy atom. The van der Waals surface area contributed by atoms with Gasteiger partial charge in [-0.15, -0.1) is 11.6 Å². The second-order valence-electron chi connectivity index (χ2n) is 5.55. The van der Waals surface area contributed by atoms with Crippen LogP contribution in [0.25, 0.3) is 11.2 Å². The molecule has 114 valence electrons. The highest BCUT2D eigenvalue weighted by Gasteiger charge is 2.17. The molecule has 0 radical (unpaired) electrons. The number of alkyl halides is 1. The minimum atomic E-state index is -0.121. The molecule has 6 heteroatoms. The normalized spacial score (nSPS) is 18.2. The maximum Gasteiger partial charge on any atom is 0.160 e. The van der Waals surface area contributed by atoms with E-state index in [0.29, 0.717) is 0 Å². The number of hydrogen-bond acceptors (Lipinski definition) is 4. The van der Waals surface area contributed by atoms with E-state index in [-0.39, 0.29) is 5.38 Å². The van der Waals surface area contributed by atoms with Gasteiger partial charge in [0.25, 0.3) is 0 Å². The Hall–Kier alpha value is -1.17. The highest BCUT2D eigenvalue weighted by atomic mass is 35.5. The van der Waals surface area contributed by atoms with Crippen LogP contribution in [0.15, 0.2) is 12.3 Å². The molecule has 2 aromatic heterocycles. The third-order valence-corrected chi connectivity index (χ3v) is 4.05. The third kappa shape index (κ3) is 3.20. The SMILES string of the molecule is Cc1cnc2c(c1)nc(C(C)Cl)n2CCN1CCOCC1. The number of fused-ring (bicyclic) bond motifs is 1. The van der Waals surface area contributed by atoms with Crippen molar-refractivity contribution in [3.05, 3.63) is 23.7 Å². The highest BCUT2D eigenvalue weighted by Crippen LogP contribution is 2.24.